The molecule has 2 atom stereocenters. The van der Waals surface area contributed by atoms with Gasteiger partial charge in [-0.1, -0.05) is 0 Å². The van der Waals surface area contributed by atoms with Crippen LogP contribution in [0.1, 0.15) is 13.3 Å². The number of urea groups is 1. The molecule has 0 heterocycles. The molecule has 0 rings (SSSR count). The number of rotatable bonds is 7. The van der Waals surface area contributed by atoms with E-state index in [1.807, 2.05) is 13.2 Å². The number of carbonyl (C=O) groups is 3. The number of hydrogen-bond donors (Lipinski definition) is 3. The number of carboxylic acids is 1. The first-order valence-electron chi connectivity index (χ1n) is 5.33. The van der Waals surface area contributed by atoms with Gasteiger partial charge in [-0.05, 0) is 13.2 Å². The van der Waals surface area contributed by atoms with Gasteiger partial charge in [0, 0.05) is 18.8 Å². The van der Waals surface area contributed by atoms with Crippen LogP contribution < -0.4 is 11.1 Å². The first-order valence-corrected chi connectivity index (χ1v) is 6.72. The minimum Gasteiger partial charge on any atom is -0.480 e. The Hall–Kier alpha value is -1.44. The molecule has 8 heteroatoms. The van der Waals surface area contributed by atoms with Crippen LogP contribution in [0.25, 0.3) is 0 Å². The summed E-state index contributed by atoms with van der Waals surface area (Å²) in [6.45, 7) is 1.85. The predicted octanol–water partition coefficient (Wildman–Crippen LogP) is -0.292. The van der Waals surface area contributed by atoms with E-state index in [1.165, 1.54) is 4.90 Å². The fraction of sp³-hybridized carbons (Fsp3) is 0.700. The van der Waals surface area contributed by atoms with E-state index in [1.54, 1.807) is 18.8 Å². The van der Waals surface area contributed by atoms with E-state index in [0.717, 1.165) is 5.75 Å². The summed E-state index contributed by atoms with van der Waals surface area (Å²) in [5.74, 6) is -1.33. The Morgan fingerprint density at radius 3 is 2.39 bits per heavy atom. The lowest BCUT2D eigenvalue weighted by Crippen LogP contribution is -2.50. The zero-order valence-electron chi connectivity index (χ0n) is 10.7. The minimum atomic E-state index is -1.29. The summed E-state index contributed by atoms with van der Waals surface area (Å²) >= 11 is 1.58. The third-order valence-corrected chi connectivity index (χ3v) is 3.21. The number of carbonyl (C=O) groups excluding carboxylic acids is 2. The first kappa shape index (κ1) is 16.6. The van der Waals surface area contributed by atoms with Crippen molar-refractivity contribution in [2.45, 2.75) is 25.4 Å². The van der Waals surface area contributed by atoms with Gasteiger partial charge in [0.2, 0.25) is 5.91 Å². The molecule has 0 aromatic heterocycles. The standard InChI is InChI=1S/C10H19N3O4S/c1-6(5-18-3)13(2)10(17)12-7(9(15)16)4-8(11)14/h6-7H,4-5H2,1-3H3,(H2,11,14)(H,12,17)(H,15,16)/t6?,7-/m0/s1. The van der Waals surface area contributed by atoms with Gasteiger partial charge in [-0.25, -0.2) is 9.59 Å². The van der Waals surface area contributed by atoms with Crippen LogP contribution >= 0.6 is 11.8 Å². The Morgan fingerprint density at radius 1 is 1.44 bits per heavy atom. The summed E-state index contributed by atoms with van der Waals surface area (Å²) < 4.78 is 0. The monoisotopic (exact) mass is 277 g/mol. The number of nitrogens with zero attached hydrogens (tertiary/aromatic N) is 1. The molecule has 0 aromatic carbocycles. The lowest BCUT2D eigenvalue weighted by Gasteiger charge is -2.26. The average Bonchev–Trinajstić information content (AvgIpc) is 2.26. The maximum absolute atomic E-state index is 11.7. The van der Waals surface area contributed by atoms with Crippen LogP contribution in [0, 0.1) is 0 Å². The van der Waals surface area contributed by atoms with Gasteiger partial charge < -0.3 is 21.1 Å². The molecule has 7 nitrogen and oxygen atoms in total. The highest BCUT2D eigenvalue weighted by Gasteiger charge is 2.25. The molecular formula is C10H19N3O4S. The van der Waals surface area contributed by atoms with Gasteiger partial charge in [0.15, 0.2) is 0 Å². The second-order valence-corrected chi connectivity index (χ2v) is 4.84. The van der Waals surface area contributed by atoms with Gasteiger partial charge in [0.1, 0.15) is 6.04 Å². The number of hydrogen-bond acceptors (Lipinski definition) is 4. The molecule has 0 aliphatic rings. The number of thioether (sulfide) groups is 1. The molecule has 3 amide bonds. The SMILES string of the molecule is CSCC(C)N(C)C(=O)N[C@@H](CC(N)=O)C(=O)O. The molecule has 4 N–H and O–H groups in total. The zero-order valence-corrected chi connectivity index (χ0v) is 11.5. The van der Waals surface area contributed by atoms with Crippen molar-refractivity contribution < 1.29 is 19.5 Å². The molecule has 0 saturated heterocycles. The molecule has 104 valence electrons. The normalized spacial score (nSPS) is 13.5. The maximum Gasteiger partial charge on any atom is 0.326 e. The van der Waals surface area contributed by atoms with Gasteiger partial charge in [0.05, 0.1) is 6.42 Å². The zero-order chi connectivity index (χ0) is 14.3. The summed E-state index contributed by atoms with van der Waals surface area (Å²) in [7, 11) is 1.57. The van der Waals surface area contributed by atoms with E-state index in [4.69, 9.17) is 10.8 Å². The quantitative estimate of drug-likeness (QED) is 0.592. The second kappa shape index (κ2) is 7.80. The predicted molar refractivity (Wildman–Crippen MR) is 69.4 cm³/mol. The van der Waals surface area contributed by atoms with E-state index in [0.29, 0.717) is 0 Å². The van der Waals surface area contributed by atoms with Gasteiger partial charge in [-0.3, -0.25) is 4.79 Å². The number of amides is 3. The highest BCUT2D eigenvalue weighted by atomic mass is 32.2. The van der Waals surface area contributed by atoms with Crippen LogP contribution in [0.5, 0.6) is 0 Å². The summed E-state index contributed by atoms with van der Waals surface area (Å²) in [5, 5.41) is 11.1. The molecule has 0 aliphatic carbocycles. The van der Waals surface area contributed by atoms with Crippen LogP contribution in [0.2, 0.25) is 0 Å². The third-order valence-electron chi connectivity index (χ3n) is 2.39. The number of aliphatic carboxylic acids is 1. The number of nitrogens with two attached hydrogens (primary N) is 1. The molecule has 0 radical (unpaired) electrons. The number of primary amides is 1. The molecular weight excluding hydrogens is 258 g/mol. The van der Waals surface area contributed by atoms with Crippen molar-refractivity contribution >= 4 is 29.7 Å². The molecule has 0 bridgehead atoms. The highest BCUT2D eigenvalue weighted by Crippen LogP contribution is 2.04. The Kier molecular flexibility index (Phi) is 7.18. The molecule has 0 saturated carbocycles. The summed E-state index contributed by atoms with van der Waals surface area (Å²) in [4.78, 5) is 34.7. The van der Waals surface area contributed by atoms with E-state index < -0.39 is 30.4 Å². The van der Waals surface area contributed by atoms with E-state index in [2.05, 4.69) is 5.32 Å². The maximum atomic E-state index is 11.7. The molecule has 18 heavy (non-hydrogen) atoms. The fourth-order valence-corrected chi connectivity index (χ4v) is 1.91. The van der Waals surface area contributed by atoms with Gasteiger partial charge in [0.25, 0.3) is 0 Å². The molecule has 1 unspecified atom stereocenters. The number of carboxylic acid groups (broad SMARTS) is 1. The van der Waals surface area contributed by atoms with Crippen molar-refractivity contribution in [2.24, 2.45) is 5.73 Å². The van der Waals surface area contributed by atoms with Crippen LogP contribution in [-0.2, 0) is 9.59 Å². The van der Waals surface area contributed by atoms with Crippen LogP contribution in [0.15, 0.2) is 0 Å². The van der Waals surface area contributed by atoms with Crippen molar-refractivity contribution in [2.75, 3.05) is 19.1 Å². The van der Waals surface area contributed by atoms with Crippen molar-refractivity contribution in [1.82, 2.24) is 10.2 Å². The van der Waals surface area contributed by atoms with Crippen molar-refractivity contribution in [3.8, 4) is 0 Å². The highest BCUT2D eigenvalue weighted by molar-refractivity contribution is 7.98. The molecule has 0 fully saturated rings. The van der Waals surface area contributed by atoms with Crippen LogP contribution in [0.3, 0.4) is 0 Å². The largest absolute Gasteiger partial charge is 0.480 e. The van der Waals surface area contributed by atoms with Crippen molar-refractivity contribution in [1.29, 1.82) is 0 Å². The minimum absolute atomic E-state index is 0.0389. The van der Waals surface area contributed by atoms with Crippen molar-refractivity contribution in [3.63, 3.8) is 0 Å². The van der Waals surface area contributed by atoms with Crippen molar-refractivity contribution in [3.05, 3.63) is 0 Å². The average molecular weight is 277 g/mol. The smallest absolute Gasteiger partial charge is 0.326 e. The molecule has 0 spiro atoms. The fourth-order valence-electron chi connectivity index (χ4n) is 1.21. The molecule has 0 aromatic rings. The van der Waals surface area contributed by atoms with Crippen LogP contribution in [0.4, 0.5) is 4.79 Å². The van der Waals surface area contributed by atoms with E-state index in [-0.39, 0.29) is 6.04 Å². The van der Waals surface area contributed by atoms with Crippen LogP contribution in [-0.4, -0.2) is 59.1 Å². The number of nitrogens with one attached hydrogen (secondary N) is 1. The van der Waals surface area contributed by atoms with E-state index in [9.17, 15) is 14.4 Å². The first-order chi connectivity index (χ1) is 8.29. The van der Waals surface area contributed by atoms with E-state index >= 15 is 0 Å². The summed E-state index contributed by atoms with van der Waals surface area (Å²) in [5.41, 5.74) is 4.92. The summed E-state index contributed by atoms with van der Waals surface area (Å²) in [6.07, 6.45) is 1.49. The van der Waals surface area contributed by atoms with Gasteiger partial charge in [-0.15, -0.1) is 0 Å². The Balaban J connectivity index is 4.49. The lowest BCUT2D eigenvalue weighted by molar-refractivity contribution is -0.140. The Morgan fingerprint density at radius 2 is 2.00 bits per heavy atom. The van der Waals surface area contributed by atoms with Gasteiger partial charge in [-0.2, -0.15) is 11.8 Å². The topological polar surface area (TPSA) is 113 Å². The Labute approximate surface area is 110 Å². The Bertz CT molecular complexity index is 324. The second-order valence-electron chi connectivity index (χ2n) is 3.93. The summed E-state index contributed by atoms with van der Waals surface area (Å²) in [6, 6.07) is -1.87. The van der Waals surface area contributed by atoms with Gasteiger partial charge >= 0.3 is 12.0 Å². The lowest BCUT2D eigenvalue weighted by atomic mass is 10.2. The third kappa shape index (κ3) is 5.76. The molecule has 0 aliphatic heterocycles.